The predicted octanol–water partition coefficient (Wildman–Crippen LogP) is 3.50. The van der Waals surface area contributed by atoms with Gasteiger partial charge in [-0.2, -0.15) is 0 Å². The second-order valence-electron chi connectivity index (χ2n) is 8.19. The highest BCUT2D eigenvalue weighted by Gasteiger charge is 2.35. The Labute approximate surface area is 230 Å². The Kier molecular flexibility index (Phi) is 8.17. The zero-order chi connectivity index (χ0) is 27.6. The highest BCUT2D eigenvalue weighted by atomic mass is 79.9. The Bertz CT molecular complexity index is 1620. The summed E-state index contributed by atoms with van der Waals surface area (Å²) in [6, 6.07) is 9.42. The van der Waals surface area contributed by atoms with Gasteiger partial charge in [-0.25, -0.2) is 9.79 Å². The summed E-state index contributed by atoms with van der Waals surface area (Å²) in [5.74, 6) is 0.365. The Morgan fingerprint density at radius 1 is 1.13 bits per heavy atom. The first-order valence-electron chi connectivity index (χ1n) is 11.6. The Morgan fingerprint density at radius 2 is 1.79 bits per heavy atom. The molecule has 0 saturated heterocycles. The molecule has 198 valence electrons. The average Bonchev–Trinajstić information content (AvgIpc) is 3.18. The summed E-state index contributed by atoms with van der Waals surface area (Å²) in [5, 5.41) is 0. The number of allylic oxidation sites excluding steroid dienone is 1. The molecule has 0 bridgehead atoms. The number of halogens is 1. The normalized spacial score (nSPS) is 15.0. The molecule has 1 atom stereocenters. The van der Waals surface area contributed by atoms with Gasteiger partial charge >= 0.3 is 11.9 Å². The van der Waals surface area contributed by atoms with Crippen LogP contribution in [0.25, 0.3) is 6.08 Å². The van der Waals surface area contributed by atoms with Crippen LogP contribution in [-0.2, 0) is 14.3 Å². The van der Waals surface area contributed by atoms with Gasteiger partial charge in [0, 0.05) is 11.4 Å². The van der Waals surface area contributed by atoms with Crippen molar-refractivity contribution < 1.29 is 28.5 Å². The van der Waals surface area contributed by atoms with E-state index in [1.807, 2.05) is 0 Å². The maximum atomic E-state index is 13.8. The molecule has 11 heteroatoms. The number of benzene rings is 2. The fourth-order valence-corrected chi connectivity index (χ4v) is 5.70. The molecule has 0 saturated carbocycles. The third-order valence-electron chi connectivity index (χ3n) is 5.75. The fourth-order valence-electron chi connectivity index (χ4n) is 4.11. The van der Waals surface area contributed by atoms with Gasteiger partial charge in [0.05, 0.1) is 42.7 Å². The van der Waals surface area contributed by atoms with E-state index >= 15 is 0 Å². The molecule has 3 aromatic rings. The van der Waals surface area contributed by atoms with E-state index in [1.54, 1.807) is 56.3 Å². The maximum Gasteiger partial charge on any atom is 0.338 e. The SMILES string of the molecule is CCOC(=O)C1=C(C)N=c2s/c(=C\c3ccc(OC(C)=O)cc3)c(=O)n2[C@H]1c1cc(OC)c(OC)cc1Br. The molecule has 1 aromatic heterocycles. The van der Waals surface area contributed by atoms with Crippen molar-refractivity contribution in [1.82, 2.24) is 4.57 Å². The molecular formula is C27H25BrN2O7S. The lowest BCUT2D eigenvalue weighted by Crippen LogP contribution is -2.40. The van der Waals surface area contributed by atoms with Crippen molar-refractivity contribution in [3.63, 3.8) is 0 Å². The summed E-state index contributed by atoms with van der Waals surface area (Å²) in [6.07, 6.45) is 1.73. The number of aromatic nitrogens is 1. The molecule has 1 aliphatic rings. The Balaban J connectivity index is 1.93. The van der Waals surface area contributed by atoms with E-state index in [2.05, 4.69) is 20.9 Å². The van der Waals surface area contributed by atoms with Crippen LogP contribution in [0, 0.1) is 0 Å². The second kappa shape index (κ2) is 11.4. The maximum absolute atomic E-state index is 13.8. The van der Waals surface area contributed by atoms with Gasteiger partial charge in [-0.3, -0.25) is 14.2 Å². The third-order valence-corrected chi connectivity index (χ3v) is 7.42. The minimum atomic E-state index is -0.826. The first-order valence-corrected chi connectivity index (χ1v) is 13.2. The molecule has 4 rings (SSSR count). The molecule has 0 spiro atoms. The first kappa shape index (κ1) is 27.3. The van der Waals surface area contributed by atoms with E-state index in [1.165, 1.54) is 37.0 Å². The van der Waals surface area contributed by atoms with Gasteiger partial charge in [-0.05, 0) is 55.3 Å². The summed E-state index contributed by atoms with van der Waals surface area (Å²) in [4.78, 5) is 43.2. The molecule has 9 nitrogen and oxygen atoms in total. The number of methoxy groups -OCH3 is 2. The molecule has 38 heavy (non-hydrogen) atoms. The summed E-state index contributed by atoms with van der Waals surface area (Å²) >= 11 is 4.80. The number of fused-ring (bicyclic) bond motifs is 1. The minimum absolute atomic E-state index is 0.170. The van der Waals surface area contributed by atoms with Gasteiger partial charge in [0.1, 0.15) is 5.75 Å². The molecule has 1 aliphatic heterocycles. The number of nitrogens with zero attached hydrogens (tertiary/aromatic N) is 2. The smallest absolute Gasteiger partial charge is 0.338 e. The van der Waals surface area contributed by atoms with Crippen LogP contribution in [0.2, 0.25) is 0 Å². The second-order valence-corrected chi connectivity index (χ2v) is 10.1. The van der Waals surface area contributed by atoms with Crippen molar-refractivity contribution >= 4 is 45.3 Å². The molecular weight excluding hydrogens is 576 g/mol. The van der Waals surface area contributed by atoms with Crippen LogP contribution in [0.5, 0.6) is 17.2 Å². The largest absolute Gasteiger partial charge is 0.493 e. The summed E-state index contributed by atoms with van der Waals surface area (Å²) < 4.78 is 23.9. The zero-order valence-corrected chi connectivity index (χ0v) is 23.8. The lowest BCUT2D eigenvalue weighted by molar-refractivity contribution is -0.139. The number of ether oxygens (including phenoxy) is 4. The van der Waals surface area contributed by atoms with Crippen LogP contribution in [0.3, 0.4) is 0 Å². The van der Waals surface area contributed by atoms with Crippen molar-refractivity contribution in [2.75, 3.05) is 20.8 Å². The van der Waals surface area contributed by atoms with E-state index in [-0.39, 0.29) is 17.7 Å². The predicted molar refractivity (Wildman–Crippen MR) is 145 cm³/mol. The van der Waals surface area contributed by atoms with Crippen molar-refractivity contribution in [3.05, 3.63) is 83.0 Å². The highest BCUT2D eigenvalue weighted by molar-refractivity contribution is 9.10. The van der Waals surface area contributed by atoms with E-state index in [9.17, 15) is 14.4 Å². The van der Waals surface area contributed by atoms with Crippen molar-refractivity contribution in [2.45, 2.75) is 26.8 Å². The molecule has 0 N–H and O–H groups in total. The van der Waals surface area contributed by atoms with Crippen LogP contribution in [0.4, 0.5) is 0 Å². The van der Waals surface area contributed by atoms with Crippen LogP contribution in [0.1, 0.15) is 37.9 Å². The molecule has 0 radical (unpaired) electrons. The quantitative estimate of drug-likeness (QED) is 0.302. The van der Waals surface area contributed by atoms with Crippen molar-refractivity contribution in [3.8, 4) is 17.2 Å². The summed E-state index contributed by atoms with van der Waals surface area (Å²) in [7, 11) is 3.04. The lowest BCUT2D eigenvalue weighted by Gasteiger charge is -2.26. The first-order chi connectivity index (χ1) is 18.2. The molecule has 0 unspecified atom stereocenters. The molecule has 2 heterocycles. The van der Waals surface area contributed by atoms with Gasteiger partial charge in [0.25, 0.3) is 5.56 Å². The van der Waals surface area contributed by atoms with Gasteiger partial charge in [-0.1, -0.05) is 39.4 Å². The number of esters is 2. The Hall–Kier alpha value is -3.70. The van der Waals surface area contributed by atoms with Gasteiger partial charge in [-0.15, -0.1) is 0 Å². The minimum Gasteiger partial charge on any atom is -0.493 e. The monoisotopic (exact) mass is 600 g/mol. The summed E-state index contributed by atoms with van der Waals surface area (Å²) in [5.41, 5.74) is 1.73. The van der Waals surface area contributed by atoms with E-state index in [0.29, 0.717) is 42.3 Å². The molecule has 0 amide bonds. The lowest BCUT2D eigenvalue weighted by atomic mass is 9.95. The molecule has 2 aromatic carbocycles. The molecule has 0 aliphatic carbocycles. The third kappa shape index (κ3) is 5.30. The Morgan fingerprint density at radius 3 is 2.39 bits per heavy atom. The topological polar surface area (TPSA) is 105 Å². The van der Waals surface area contributed by atoms with Crippen molar-refractivity contribution in [1.29, 1.82) is 0 Å². The number of carbonyl (C=O) groups is 2. The number of rotatable bonds is 7. The van der Waals surface area contributed by atoms with E-state index in [0.717, 1.165) is 5.56 Å². The number of hydrogen-bond acceptors (Lipinski definition) is 9. The zero-order valence-electron chi connectivity index (χ0n) is 21.4. The van der Waals surface area contributed by atoms with Gasteiger partial charge in [0.2, 0.25) is 0 Å². The number of carbonyl (C=O) groups excluding carboxylic acids is 2. The van der Waals surface area contributed by atoms with Crippen LogP contribution in [-0.4, -0.2) is 37.3 Å². The standard InChI is InChI=1S/C27H25BrN2O7S/c1-6-36-26(33)23-14(2)29-27-30(24(23)18-12-20(34-4)21(35-5)13-19(18)28)25(32)22(38-27)11-16-7-9-17(10-8-16)37-15(3)31/h7-13,24H,6H2,1-5H3/b22-11-/t24-/m0/s1. The van der Waals surface area contributed by atoms with E-state index < -0.39 is 18.0 Å². The summed E-state index contributed by atoms with van der Waals surface area (Å²) in [6.45, 7) is 4.94. The number of hydrogen-bond donors (Lipinski definition) is 0. The van der Waals surface area contributed by atoms with Gasteiger partial charge in [0.15, 0.2) is 16.3 Å². The average molecular weight is 601 g/mol. The van der Waals surface area contributed by atoms with Gasteiger partial charge < -0.3 is 18.9 Å². The van der Waals surface area contributed by atoms with Crippen molar-refractivity contribution in [2.24, 2.45) is 4.99 Å². The van der Waals surface area contributed by atoms with E-state index in [4.69, 9.17) is 18.9 Å². The van der Waals surface area contributed by atoms with Crippen LogP contribution >= 0.6 is 27.3 Å². The fraction of sp³-hybridized carbons (Fsp3) is 0.259. The highest BCUT2D eigenvalue weighted by Crippen LogP contribution is 2.40. The van der Waals surface area contributed by atoms with Crippen LogP contribution < -0.4 is 29.1 Å². The number of thiazole rings is 1. The van der Waals surface area contributed by atoms with Crippen LogP contribution in [0.15, 0.2) is 61.9 Å². The molecule has 0 fully saturated rings.